The SMILES string of the molecule is Cc1cc(C(=O)CCC(C)C)ccc1O. The summed E-state index contributed by atoms with van der Waals surface area (Å²) in [6, 6.07) is 5.01. The van der Waals surface area contributed by atoms with Crippen LogP contribution in [-0.4, -0.2) is 10.9 Å². The second-order valence-electron chi connectivity index (χ2n) is 4.36. The van der Waals surface area contributed by atoms with Crippen LogP contribution in [0.1, 0.15) is 42.6 Å². The highest BCUT2D eigenvalue weighted by Gasteiger charge is 2.08. The van der Waals surface area contributed by atoms with Gasteiger partial charge in [0, 0.05) is 12.0 Å². The third-order valence-electron chi connectivity index (χ3n) is 2.47. The van der Waals surface area contributed by atoms with Gasteiger partial charge < -0.3 is 5.11 Å². The fourth-order valence-electron chi connectivity index (χ4n) is 1.39. The van der Waals surface area contributed by atoms with Crippen molar-refractivity contribution in [1.29, 1.82) is 0 Å². The van der Waals surface area contributed by atoms with Gasteiger partial charge >= 0.3 is 0 Å². The molecule has 2 nitrogen and oxygen atoms in total. The van der Waals surface area contributed by atoms with Crippen LogP contribution >= 0.6 is 0 Å². The summed E-state index contributed by atoms with van der Waals surface area (Å²) in [5.74, 6) is 0.953. The molecule has 0 saturated heterocycles. The number of aromatic hydroxyl groups is 1. The normalized spacial score (nSPS) is 10.7. The number of phenols is 1. The van der Waals surface area contributed by atoms with Crippen LogP contribution < -0.4 is 0 Å². The Labute approximate surface area is 90.9 Å². The van der Waals surface area contributed by atoms with Crippen molar-refractivity contribution in [3.05, 3.63) is 29.3 Å². The summed E-state index contributed by atoms with van der Waals surface area (Å²) in [6.07, 6.45) is 1.50. The largest absolute Gasteiger partial charge is 0.508 e. The summed E-state index contributed by atoms with van der Waals surface area (Å²) >= 11 is 0. The van der Waals surface area contributed by atoms with Crippen LogP contribution in [0.15, 0.2) is 18.2 Å². The van der Waals surface area contributed by atoms with Crippen molar-refractivity contribution >= 4 is 5.78 Å². The van der Waals surface area contributed by atoms with Gasteiger partial charge in [-0.05, 0) is 43.0 Å². The molecule has 1 aromatic rings. The molecule has 0 amide bonds. The van der Waals surface area contributed by atoms with Crippen LogP contribution in [0.2, 0.25) is 0 Å². The average Bonchev–Trinajstić information content (AvgIpc) is 2.18. The van der Waals surface area contributed by atoms with E-state index < -0.39 is 0 Å². The van der Waals surface area contributed by atoms with Gasteiger partial charge in [0.1, 0.15) is 5.75 Å². The lowest BCUT2D eigenvalue weighted by Gasteiger charge is -2.05. The molecule has 0 heterocycles. The molecule has 0 aromatic heterocycles. The molecule has 0 unspecified atom stereocenters. The summed E-state index contributed by atoms with van der Waals surface area (Å²) in [5, 5.41) is 9.33. The van der Waals surface area contributed by atoms with E-state index in [9.17, 15) is 9.90 Å². The van der Waals surface area contributed by atoms with Gasteiger partial charge in [0.25, 0.3) is 0 Å². The number of phenolic OH excluding ortho intramolecular Hbond substituents is 1. The molecule has 0 atom stereocenters. The fraction of sp³-hybridized carbons (Fsp3) is 0.462. The predicted octanol–water partition coefficient (Wildman–Crippen LogP) is 3.32. The van der Waals surface area contributed by atoms with Gasteiger partial charge in [0.15, 0.2) is 5.78 Å². The molecule has 0 radical (unpaired) electrons. The van der Waals surface area contributed by atoms with E-state index in [1.165, 1.54) is 0 Å². The van der Waals surface area contributed by atoms with Crippen LogP contribution in [0.5, 0.6) is 5.75 Å². The molecule has 0 aliphatic heterocycles. The Balaban J connectivity index is 2.70. The first-order valence-corrected chi connectivity index (χ1v) is 5.33. The van der Waals surface area contributed by atoms with Gasteiger partial charge in [0.05, 0.1) is 0 Å². The zero-order valence-electron chi connectivity index (χ0n) is 9.58. The third kappa shape index (κ3) is 3.39. The first-order chi connectivity index (χ1) is 7.00. The quantitative estimate of drug-likeness (QED) is 0.767. The second kappa shape index (κ2) is 4.96. The highest BCUT2D eigenvalue weighted by Crippen LogP contribution is 2.18. The highest BCUT2D eigenvalue weighted by atomic mass is 16.3. The summed E-state index contributed by atoms with van der Waals surface area (Å²) in [6.45, 7) is 6.01. The van der Waals surface area contributed by atoms with Crippen LogP contribution in [0.25, 0.3) is 0 Å². The lowest BCUT2D eigenvalue weighted by Crippen LogP contribution is -2.01. The molecule has 1 N–H and O–H groups in total. The standard InChI is InChI=1S/C13H18O2/c1-9(2)4-6-13(15)11-5-7-12(14)10(3)8-11/h5,7-9,14H,4,6H2,1-3H3. The van der Waals surface area contributed by atoms with Gasteiger partial charge in [-0.3, -0.25) is 4.79 Å². The molecule has 0 aliphatic carbocycles. The van der Waals surface area contributed by atoms with Crippen molar-refractivity contribution in [3.8, 4) is 5.75 Å². The molecule has 82 valence electrons. The van der Waals surface area contributed by atoms with Crippen LogP contribution in [-0.2, 0) is 0 Å². The maximum atomic E-state index is 11.7. The number of ketones is 1. The first kappa shape index (κ1) is 11.8. The first-order valence-electron chi connectivity index (χ1n) is 5.33. The molecule has 0 spiro atoms. The Hall–Kier alpha value is -1.31. The van der Waals surface area contributed by atoms with Gasteiger partial charge in [-0.15, -0.1) is 0 Å². The van der Waals surface area contributed by atoms with Crippen LogP contribution in [0.3, 0.4) is 0 Å². The van der Waals surface area contributed by atoms with Gasteiger partial charge in [-0.2, -0.15) is 0 Å². The van der Waals surface area contributed by atoms with E-state index in [2.05, 4.69) is 13.8 Å². The Morgan fingerprint density at radius 1 is 1.40 bits per heavy atom. The van der Waals surface area contributed by atoms with Crippen molar-refractivity contribution in [2.75, 3.05) is 0 Å². The minimum Gasteiger partial charge on any atom is -0.508 e. The van der Waals surface area contributed by atoms with E-state index in [1.807, 2.05) is 0 Å². The Morgan fingerprint density at radius 2 is 2.07 bits per heavy atom. The van der Waals surface area contributed by atoms with Crippen molar-refractivity contribution in [2.24, 2.45) is 5.92 Å². The second-order valence-corrected chi connectivity index (χ2v) is 4.36. The highest BCUT2D eigenvalue weighted by molar-refractivity contribution is 5.96. The number of hydrogen-bond donors (Lipinski definition) is 1. The predicted molar refractivity (Wildman–Crippen MR) is 61.2 cm³/mol. The molecule has 15 heavy (non-hydrogen) atoms. The smallest absolute Gasteiger partial charge is 0.162 e. The minimum atomic E-state index is 0.159. The number of aryl methyl sites for hydroxylation is 1. The number of carbonyl (C=O) groups is 1. The maximum absolute atomic E-state index is 11.7. The lowest BCUT2D eigenvalue weighted by molar-refractivity contribution is 0.0975. The zero-order chi connectivity index (χ0) is 11.4. The summed E-state index contributed by atoms with van der Waals surface area (Å²) in [4.78, 5) is 11.7. The molecule has 1 aromatic carbocycles. The van der Waals surface area contributed by atoms with Gasteiger partial charge in [-0.25, -0.2) is 0 Å². The van der Waals surface area contributed by atoms with Crippen molar-refractivity contribution in [1.82, 2.24) is 0 Å². The molecular weight excluding hydrogens is 188 g/mol. The van der Waals surface area contributed by atoms with E-state index in [1.54, 1.807) is 25.1 Å². The molecule has 2 heteroatoms. The number of Topliss-reactive ketones (excluding diaryl/α,β-unsaturated/α-hetero) is 1. The van der Waals surface area contributed by atoms with E-state index in [0.29, 0.717) is 17.9 Å². The lowest BCUT2D eigenvalue weighted by atomic mass is 10.00. The average molecular weight is 206 g/mol. The van der Waals surface area contributed by atoms with Crippen LogP contribution in [0, 0.1) is 12.8 Å². The van der Waals surface area contributed by atoms with Crippen molar-refractivity contribution in [2.45, 2.75) is 33.6 Å². The van der Waals surface area contributed by atoms with E-state index in [0.717, 1.165) is 12.0 Å². The van der Waals surface area contributed by atoms with Crippen molar-refractivity contribution in [3.63, 3.8) is 0 Å². The van der Waals surface area contributed by atoms with Crippen LogP contribution in [0.4, 0.5) is 0 Å². The zero-order valence-corrected chi connectivity index (χ0v) is 9.58. The Bertz CT molecular complexity index is 354. The fourth-order valence-corrected chi connectivity index (χ4v) is 1.39. The number of benzene rings is 1. The molecule has 0 aliphatic rings. The molecule has 1 rings (SSSR count). The van der Waals surface area contributed by atoms with E-state index >= 15 is 0 Å². The number of carbonyl (C=O) groups excluding carboxylic acids is 1. The maximum Gasteiger partial charge on any atom is 0.162 e. The molecule has 0 saturated carbocycles. The third-order valence-corrected chi connectivity index (χ3v) is 2.47. The number of hydrogen-bond acceptors (Lipinski definition) is 2. The summed E-state index contributed by atoms with van der Waals surface area (Å²) in [7, 11) is 0. The van der Waals surface area contributed by atoms with Gasteiger partial charge in [0.2, 0.25) is 0 Å². The van der Waals surface area contributed by atoms with Crippen molar-refractivity contribution < 1.29 is 9.90 Å². The Kier molecular flexibility index (Phi) is 3.89. The molecular formula is C13H18O2. The summed E-state index contributed by atoms with van der Waals surface area (Å²) in [5.41, 5.74) is 1.45. The summed E-state index contributed by atoms with van der Waals surface area (Å²) < 4.78 is 0. The number of rotatable bonds is 4. The topological polar surface area (TPSA) is 37.3 Å². The monoisotopic (exact) mass is 206 g/mol. The molecule has 0 fully saturated rings. The van der Waals surface area contributed by atoms with Gasteiger partial charge in [-0.1, -0.05) is 13.8 Å². The van der Waals surface area contributed by atoms with E-state index in [-0.39, 0.29) is 11.5 Å². The minimum absolute atomic E-state index is 0.159. The van der Waals surface area contributed by atoms with E-state index in [4.69, 9.17) is 0 Å². The molecule has 0 bridgehead atoms. The Morgan fingerprint density at radius 3 is 2.60 bits per heavy atom.